The summed E-state index contributed by atoms with van der Waals surface area (Å²) in [5, 5.41) is 11.3. The number of para-hydroxylation sites is 1. The van der Waals surface area contributed by atoms with Crippen LogP contribution in [0.25, 0.3) is 10.9 Å². The van der Waals surface area contributed by atoms with E-state index in [1.165, 1.54) is 0 Å². The second-order valence-electron chi connectivity index (χ2n) is 4.12. The van der Waals surface area contributed by atoms with E-state index in [0.29, 0.717) is 5.69 Å². The Hall–Kier alpha value is -2.26. The van der Waals surface area contributed by atoms with E-state index in [9.17, 15) is 5.11 Å². The van der Waals surface area contributed by atoms with Gasteiger partial charge in [-0.05, 0) is 18.2 Å². The molecule has 18 heavy (non-hydrogen) atoms. The van der Waals surface area contributed by atoms with Crippen molar-refractivity contribution < 1.29 is 5.11 Å². The summed E-state index contributed by atoms with van der Waals surface area (Å²) in [4.78, 5) is 8.48. The van der Waals surface area contributed by atoms with E-state index in [1.807, 2.05) is 42.5 Å². The lowest BCUT2D eigenvalue weighted by Crippen LogP contribution is -2.02. The lowest BCUT2D eigenvalue weighted by Gasteiger charge is -2.10. The number of aliphatic hydroxyl groups excluding tert-OH is 1. The van der Waals surface area contributed by atoms with E-state index < -0.39 is 6.10 Å². The van der Waals surface area contributed by atoms with Gasteiger partial charge in [-0.15, -0.1) is 0 Å². The molecule has 3 rings (SSSR count). The molecule has 0 saturated heterocycles. The minimum Gasteiger partial charge on any atom is -0.382 e. The van der Waals surface area contributed by atoms with E-state index >= 15 is 0 Å². The Labute approximate surface area is 105 Å². The maximum Gasteiger partial charge on any atom is 0.122 e. The molecule has 1 N–H and O–H groups in total. The number of aliphatic hydroxyl groups is 1. The van der Waals surface area contributed by atoms with E-state index in [0.717, 1.165) is 16.5 Å². The number of benzene rings is 1. The van der Waals surface area contributed by atoms with E-state index in [2.05, 4.69) is 9.97 Å². The lowest BCUT2D eigenvalue weighted by atomic mass is 10.1. The van der Waals surface area contributed by atoms with Crippen molar-refractivity contribution in [3.8, 4) is 0 Å². The maximum absolute atomic E-state index is 10.2. The molecule has 2 heterocycles. The Balaban J connectivity index is 2.04. The fraction of sp³-hybridized carbons (Fsp3) is 0.0667. The quantitative estimate of drug-likeness (QED) is 0.744. The van der Waals surface area contributed by atoms with Crippen LogP contribution >= 0.6 is 0 Å². The number of fused-ring (bicyclic) bond motifs is 1. The Morgan fingerprint density at radius 2 is 1.83 bits per heavy atom. The van der Waals surface area contributed by atoms with Gasteiger partial charge in [0.15, 0.2) is 0 Å². The van der Waals surface area contributed by atoms with Gasteiger partial charge in [-0.3, -0.25) is 4.98 Å². The molecule has 0 aliphatic carbocycles. The summed E-state index contributed by atoms with van der Waals surface area (Å²) in [6.45, 7) is 0. The second kappa shape index (κ2) is 4.55. The van der Waals surface area contributed by atoms with Crippen molar-refractivity contribution in [2.75, 3.05) is 0 Å². The molecule has 88 valence electrons. The molecule has 0 aliphatic heterocycles. The van der Waals surface area contributed by atoms with Crippen LogP contribution in [0.3, 0.4) is 0 Å². The molecule has 1 unspecified atom stereocenters. The van der Waals surface area contributed by atoms with Gasteiger partial charge in [0, 0.05) is 23.3 Å². The highest BCUT2D eigenvalue weighted by atomic mass is 16.3. The monoisotopic (exact) mass is 236 g/mol. The standard InChI is InChI=1S/C15H12N2O/c18-15(12-5-3-9-16-10-12)14-8-7-11-4-1-2-6-13(11)17-14/h1-10,15,18H. The Bertz CT molecular complexity index is 667. The SMILES string of the molecule is OC(c1cccnc1)c1ccc2ccccc2n1. The van der Waals surface area contributed by atoms with E-state index in [-0.39, 0.29) is 0 Å². The summed E-state index contributed by atoms with van der Waals surface area (Å²) < 4.78 is 0. The van der Waals surface area contributed by atoms with Crippen molar-refractivity contribution in [1.29, 1.82) is 0 Å². The first-order valence-electron chi connectivity index (χ1n) is 5.78. The number of hydrogen-bond acceptors (Lipinski definition) is 3. The molecular weight excluding hydrogens is 224 g/mol. The van der Waals surface area contributed by atoms with Crippen molar-refractivity contribution in [3.63, 3.8) is 0 Å². The largest absolute Gasteiger partial charge is 0.382 e. The average Bonchev–Trinajstić information content (AvgIpc) is 2.47. The molecule has 3 nitrogen and oxygen atoms in total. The van der Waals surface area contributed by atoms with Crippen LogP contribution in [0.15, 0.2) is 60.9 Å². The van der Waals surface area contributed by atoms with Gasteiger partial charge in [0.25, 0.3) is 0 Å². The molecular formula is C15H12N2O. The van der Waals surface area contributed by atoms with Crippen LogP contribution in [-0.4, -0.2) is 15.1 Å². The molecule has 0 saturated carbocycles. The molecule has 1 aromatic carbocycles. The Morgan fingerprint density at radius 1 is 0.944 bits per heavy atom. The van der Waals surface area contributed by atoms with Crippen molar-refractivity contribution in [3.05, 3.63) is 72.2 Å². The van der Waals surface area contributed by atoms with Crippen LogP contribution < -0.4 is 0 Å². The van der Waals surface area contributed by atoms with Crippen LogP contribution in [0, 0.1) is 0 Å². The van der Waals surface area contributed by atoms with Crippen LogP contribution in [0.2, 0.25) is 0 Å². The number of rotatable bonds is 2. The number of nitrogens with zero attached hydrogens (tertiary/aromatic N) is 2. The highest BCUT2D eigenvalue weighted by Crippen LogP contribution is 2.21. The minimum absolute atomic E-state index is 0.640. The highest BCUT2D eigenvalue weighted by Gasteiger charge is 2.12. The number of aromatic nitrogens is 2. The zero-order valence-electron chi connectivity index (χ0n) is 9.69. The normalized spacial score (nSPS) is 12.5. The van der Waals surface area contributed by atoms with Crippen LogP contribution in [-0.2, 0) is 0 Å². The predicted octanol–water partition coefficient (Wildman–Crippen LogP) is 2.71. The molecule has 0 amide bonds. The fourth-order valence-electron chi connectivity index (χ4n) is 1.94. The van der Waals surface area contributed by atoms with E-state index in [1.54, 1.807) is 18.5 Å². The Morgan fingerprint density at radius 3 is 2.67 bits per heavy atom. The first kappa shape index (κ1) is 10.9. The fourth-order valence-corrected chi connectivity index (χ4v) is 1.94. The van der Waals surface area contributed by atoms with Gasteiger partial charge < -0.3 is 5.11 Å². The predicted molar refractivity (Wildman–Crippen MR) is 70.0 cm³/mol. The second-order valence-corrected chi connectivity index (χ2v) is 4.12. The minimum atomic E-state index is -0.733. The molecule has 3 heteroatoms. The first-order chi connectivity index (χ1) is 8.84. The third-order valence-electron chi connectivity index (χ3n) is 2.90. The van der Waals surface area contributed by atoms with Gasteiger partial charge in [-0.25, -0.2) is 4.98 Å². The summed E-state index contributed by atoms with van der Waals surface area (Å²) in [5.74, 6) is 0. The summed E-state index contributed by atoms with van der Waals surface area (Å²) in [6, 6.07) is 15.3. The number of pyridine rings is 2. The molecule has 0 bridgehead atoms. The molecule has 0 radical (unpaired) electrons. The highest BCUT2D eigenvalue weighted by molar-refractivity contribution is 5.78. The van der Waals surface area contributed by atoms with Crippen LogP contribution in [0.5, 0.6) is 0 Å². The third-order valence-corrected chi connectivity index (χ3v) is 2.90. The van der Waals surface area contributed by atoms with Gasteiger partial charge in [-0.2, -0.15) is 0 Å². The topological polar surface area (TPSA) is 46.0 Å². The average molecular weight is 236 g/mol. The number of hydrogen-bond donors (Lipinski definition) is 1. The zero-order valence-corrected chi connectivity index (χ0v) is 9.69. The summed E-state index contributed by atoms with van der Waals surface area (Å²) in [6.07, 6.45) is 2.61. The first-order valence-corrected chi connectivity index (χ1v) is 5.78. The van der Waals surface area contributed by atoms with Gasteiger partial charge in [-0.1, -0.05) is 30.3 Å². The maximum atomic E-state index is 10.2. The molecule has 2 aromatic heterocycles. The lowest BCUT2D eigenvalue weighted by molar-refractivity contribution is 0.215. The van der Waals surface area contributed by atoms with Crippen LogP contribution in [0.4, 0.5) is 0 Å². The third kappa shape index (κ3) is 1.96. The molecule has 3 aromatic rings. The van der Waals surface area contributed by atoms with E-state index in [4.69, 9.17) is 0 Å². The summed E-state index contributed by atoms with van der Waals surface area (Å²) in [7, 11) is 0. The van der Waals surface area contributed by atoms with Crippen molar-refractivity contribution >= 4 is 10.9 Å². The molecule has 0 aliphatic rings. The molecule has 0 spiro atoms. The summed E-state index contributed by atoms with van der Waals surface area (Å²) >= 11 is 0. The van der Waals surface area contributed by atoms with Gasteiger partial charge in [0.1, 0.15) is 6.10 Å². The van der Waals surface area contributed by atoms with Crippen LogP contribution in [0.1, 0.15) is 17.4 Å². The van der Waals surface area contributed by atoms with Crippen molar-refractivity contribution in [2.24, 2.45) is 0 Å². The van der Waals surface area contributed by atoms with Gasteiger partial charge >= 0.3 is 0 Å². The Kier molecular flexibility index (Phi) is 2.74. The smallest absolute Gasteiger partial charge is 0.122 e. The molecule has 0 fully saturated rings. The summed E-state index contributed by atoms with van der Waals surface area (Å²) in [5.41, 5.74) is 2.28. The van der Waals surface area contributed by atoms with Crippen molar-refractivity contribution in [1.82, 2.24) is 9.97 Å². The molecule has 1 atom stereocenters. The van der Waals surface area contributed by atoms with Crippen molar-refractivity contribution in [2.45, 2.75) is 6.10 Å². The van der Waals surface area contributed by atoms with Gasteiger partial charge in [0.05, 0.1) is 11.2 Å². The van der Waals surface area contributed by atoms with Gasteiger partial charge in [0.2, 0.25) is 0 Å². The zero-order chi connectivity index (χ0) is 12.4.